The molecule has 3 heterocycles. The molecule has 0 spiro atoms. The van der Waals surface area contributed by atoms with Gasteiger partial charge in [0, 0.05) is 0 Å². The molecule has 0 saturated heterocycles. The fraction of sp³-hybridized carbons (Fsp3) is 0.278. The molecule has 0 saturated carbocycles. The minimum atomic E-state index is -4.69. The van der Waals surface area contributed by atoms with Crippen LogP contribution in [0, 0.1) is 6.92 Å². The molecule has 1 aromatic carbocycles. The van der Waals surface area contributed by atoms with Crippen LogP contribution in [0.4, 0.5) is 19.0 Å². The van der Waals surface area contributed by atoms with Gasteiger partial charge in [-0.3, -0.25) is 14.3 Å². The minimum Gasteiger partial charge on any atom is -0.456 e. The molecule has 10 heteroatoms. The van der Waals surface area contributed by atoms with E-state index in [2.05, 4.69) is 5.32 Å². The highest BCUT2D eigenvalue weighted by atomic mass is 19.4. The topological polar surface area (TPSA) is 93.2 Å². The van der Waals surface area contributed by atoms with E-state index in [9.17, 15) is 27.6 Å². The van der Waals surface area contributed by atoms with E-state index in [1.165, 1.54) is 0 Å². The van der Waals surface area contributed by atoms with Crippen molar-refractivity contribution in [1.82, 2.24) is 9.55 Å². The maximum Gasteiger partial charge on any atom is 0.406 e. The third kappa shape index (κ3) is 2.90. The second-order valence-corrected chi connectivity index (χ2v) is 6.66. The number of aromatic amines is 1. The van der Waals surface area contributed by atoms with Crippen molar-refractivity contribution in [2.24, 2.45) is 0 Å². The Hall–Kier alpha value is -3.30. The van der Waals surface area contributed by atoms with Crippen molar-refractivity contribution < 1.29 is 22.7 Å². The van der Waals surface area contributed by atoms with Gasteiger partial charge >= 0.3 is 17.8 Å². The number of alkyl halides is 3. The molecule has 0 bridgehead atoms. The summed E-state index contributed by atoms with van der Waals surface area (Å²) >= 11 is 0. The maximum absolute atomic E-state index is 13.0. The molecule has 146 valence electrons. The van der Waals surface area contributed by atoms with Crippen molar-refractivity contribution in [2.45, 2.75) is 25.6 Å². The zero-order chi connectivity index (χ0) is 20.2. The first kappa shape index (κ1) is 18.1. The van der Waals surface area contributed by atoms with Crippen LogP contribution in [0.5, 0.6) is 0 Å². The molecule has 0 aliphatic carbocycles. The number of fused-ring (bicyclic) bond motifs is 1. The Balaban J connectivity index is 2.01. The smallest absolute Gasteiger partial charge is 0.406 e. The van der Waals surface area contributed by atoms with Gasteiger partial charge in [-0.2, -0.15) is 13.2 Å². The molecule has 0 radical (unpaired) electrons. The predicted molar refractivity (Wildman–Crippen MR) is 92.0 cm³/mol. The number of cyclic esters (lactones) is 1. The number of aromatic nitrogens is 2. The second-order valence-electron chi connectivity index (χ2n) is 6.66. The zero-order valence-corrected chi connectivity index (χ0v) is 14.5. The Labute approximate surface area is 155 Å². The lowest BCUT2D eigenvalue weighted by Gasteiger charge is -2.28. The van der Waals surface area contributed by atoms with Gasteiger partial charge in [0.1, 0.15) is 19.0 Å². The molecule has 7 nitrogen and oxygen atoms in total. The number of esters is 1. The second kappa shape index (κ2) is 6.11. The van der Waals surface area contributed by atoms with Gasteiger partial charge in [-0.05, 0) is 12.5 Å². The number of nitrogens with zero attached hydrogens (tertiary/aromatic N) is 1. The lowest BCUT2D eigenvalue weighted by molar-refractivity contribution is -0.141. The van der Waals surface area contributed by atoms with Crippen molar-refractivity contribution in [3.63, 3.8) is 0 Å². The average molecular weight is 393 g/mol. The van der Waals surface area contributed by atoms with Gasteiger partial charge in [0.15, 0.2) is 0 Å². The first-order valence-electron chi connectivity index (χ1n) is 8.33. The summed E-state index contributed by atoms with van der Waals surface area (Å²) in [6, 6.07) is 6.89. The van der Waals surface area contributed by atoms with Crippen LogP contribution in [0.3, 0.4) is 0 Å². The van der Waals surface area contributed by atoms with Crippen molar-refractivity contribution in [1.29, 1.82) is 0 Å². The van der Waals surface area contributed by atoms with E-state index >= 15 is 0 Å². The van der Waals surface area contributed by atoms with Crippen molar-refractivity contribution >= 4 is 11.8 Å². The lowest BCUT2D eigenvalue weighted by atomic mass is 9.82. The highest BCUT2D eigenvalue weighted by molar-refractivity contribution is 5.96. The van der Waals surface area contributed by atoms with Crippen LogP contribution in [-0.2, 0) is 16.1 Å². The summed E-state index contributed by atoms with van der Waals surface area (Å²) in [6.07, 6.45) is -4.69. The Morgan fingerprint density at radius 1 is 1.18 bits per heavy atom. The fourth-order valence-electron chi connectivity index (χ4n) is 3.51. The van der Waals surface area contributed by atoms with Gasteiger partial charge in [-0.25, -0.2) is 9.59 Å². The Morgan fingerprint density at radius 2 is 1.86 bits per heavy atom. The average Bonchev–Trinajstić information content (AvgIpc) is 2.98. The number of carbonyl (C=O) groups is 1. The van der Waals surface area contributed by atoms with E-state index in [0.717, 1.165) is 5.56 Å². The summed E-state index contributed by atoms with van der Waals surface area (Å²) < 4.78 is 44.5. The van der Waals surface area contributed by atoms with E-state index < -0.39 is 35.9 Å². The van der Waals surface area contributed by atoms with E-state index in [4.69, 9.17) is 4.74 Å². The number of hydrogen-bond donors (Lipinski definition) is 2. The number of nitrogens with one attached hydrogen (secondary N) is 2. The van der Waals surface area contributed by atoms with Crippen molar-refractivity contribution in [3.8, 4) is 0 Å². The summed E-state index contributed by atoms with van der Waals surface area (Å²) in [6.45, 7) is 0.0848. The third-order valence-corrected chi connectivity index (χ3v) is 4.72. The molecular formula is C18H14F3N3O4. The summed E-state index contributed by atoms with van der Waals surface area (Å²) in [5.74, 6) is -1.90. The van der Waals surface area contributed by atoms with Crippen molar-refractivity contribution in [2.75, 3.05) is 11.9 Å². The molecule has 0 amide bonds. The van der Waals surface area contributed by atoms with E-state index in [-0.39, 0.29) is 29.3 Å². The molecule has 1 aromatic heterocycles. The number of carbonyl (C=O) groups excluding carboxylic acids is 1. The third-order valence-electron chi connectivity index (χ3n) is 4.72. The molecule has 28 heavy (non-hydrogen) atoms. The standard InChI is InChI=1S/C18H14F3N3O4/c1-8-2-4-9(5-3-8)11-12-10(6-28-16(12)26)22-14-13(11)15(25)23-17(27)24(14)7-18(19,20)21/h2-5,11,22H,6-7H2,1H3,(H,23,25,27). The number of aryl methyl sites for hydroxylation is 1. The number of H-pyrrole nitrogens is 1. The monoisotopic (exact) mass is 393 g/mol. The van der Waals surface area contributed by atoms with E-state index in [1.54, 1.807) is 24.3 Å². The largest absolute Gasteiger partial charge is 0.456 e. The van der Waals surface area contributed by atoms with Crippen LogP contribution in [0.15, 0.2) is 45.1 Å². The van der Waals surface area contributed by atoms with Gasteiger partial charge in [0.25, 0.3) is 5.56 Å². The van der Waals surface area contributed by atoms with Crippen LogP contribution < -0.4 is 16.6 Å². The number of benzene rings is 1. The Morgan fingerprint density at radius 3 is 2.50 bits per heavy atom. The van der Waals surface area contributed by atoms with Crippen LogP contribution in [0.25, 0.3) is 0 Å². The highest BCUT2D eigenvalue weighted by Crippen LogP contribution is 2.42. The molecule has 2 aliphatic heterocycles. The number of hydrogen-bond acceptors (Lipinski definition) is 5. The summed E-state index contributed by atoms with van der Waals surface area (Å²) in [7, 11) is 0. The first-order chi connectivity index (χ1) is 13.2. The minimum absolute atomic E-state index is 0.134. The molecule has 4 rings (SSSR count). The number of halogens is 3. The number of anilines is 1. The van der Waals surface area contributed by atoms with Crippen molar-refractivity contribution in [3.05, 3.63) is 73.1 Å². The quantitative estimate of drug-likeness (QED) is 0.759. The number of ether oxygens (including phenoxy) is 1. The van der Waals surface area contributed by atoms with E-state index in [1.807, 2.05) is 11.9 Å². The molecule has 0 fully saturated rings. The van der Waals surface area contributed by atoms with E-state index in [0.29, 0.717) is 10.1 Å². The summed E-state index contributed by atoms with van der Waals surface area (Å²) in [5, 5.41) is 2.65. The SMILES string of the molecule is Cc1ccc(C2C3=C(COC3=O)Nc3c2c(=O)[nH]c(=O)n3CC(F)(F)F)cc1. The molecule has 1 unspecified atom stereocenters. The molecule has 2 aliphatic rings. The van der Waals surface area contributed by atoms with Gasteiger partial charge in [-0.1, -0.05) is 29.8 Å². The molecule has 2 N–H and O–H groups in total. The normalized spacial score (nSPS) is 18.4. The van der Waals surface area contributed by atoms with Crippen LogP contribution >= 0.6 is 0 Å². The maximum atomic E-state index is 13.0. The number of rotatable bonds is 2. The Bertz CT molecular complexity index is 1130. The van der Waals surface area contributed by atoms with Crippen LogP contribution in [-0.4, -0.2) is 28.3 Å². The first-order valence-corrected chi connectivity index (χ1v) is 8.33. The van der Waals surface area contributed by atoms with Crippen LogP contribution in [0.1, 0.15) is 22.6 Å². The fourth-order valence-corrected chi connectivity index (χ4v) is 3.51. The summed E-state index contributed by atoms with van der Waals surface area (Å²) in [5.41, 5.74) is -0.332. The van der Waals surface area contributed by atoms with Gasteiger partial charge in [-0.15, -0.1) is 0 Å². The Kier molecular flexibility index (Phi) is 3.95. The van der Waals surface area contributed by atoms with Gasteiger partial charge in [0.2, 0.25) is 0 Å². The predicted octanol–water partition coefficient (Wildman–Crippen LogP) is 1.78. The highest BCUT2D eigenvalue weighted by Gasteiger charge is 2.42. The van der Waals surface area contributed by atoms with Gasteiger partial charge < -0.3 is 10.1 Å². The molecular weight excluding hydrogens is 379 g/mol. The van der Waals surface area contributed by atoms with Gasteiger partial charge in [0.05, 0.1) is 22.8 Å². The molecule has 2 aromatic rings. The van der Waals surface area contributed by atoms with Crippen LogP contribution in [0.2, 0.25) is 0 Å². The summed E-state index contributed by atoms with van der Waals surface area (Å²) in [4.78, 5) is 38.9. The zero-order valence-electron chi connectivity index (χ0n) is 14.5. The molecule has 1 atom stereocenters. The lowest BCUT2D eigenvalue weighted by Crippen LogP contribution is -2.40.